The summed E-state index contributed by atoms with van der Waals surface area (Å²) in [5.41, 5.74) is 0.499. The molecule has 2 heteroatoms. The van der Waals surface area contributed by atoms with E-state index in [4.69, 9.17) is 4.74 Å². The Bertz CT molecular complexity index is 177. The predicted octanol–water partition coefficient (Wildman–Crippen LogP) is 2.97. The van der Waals surface area contributed by atoms with Crippen molar-refractivity contribution < 1.29 is 4.74 Å². The van der Waals surface area contributed by atoms with Crippen LogP contribution in [-0.4, -0.2) is 25.3 Å². The minimum Gasteiger partial charge on any atom is -0.379 e. The van der Waals surface area contributed by atoms with Crippen molar-refractivity contribution in [3.63, 3.8) is 0 Å². The molecule has 0 aliphatic heterocycles. The average molecular weight is 213 g/mol. The molecule has 1 aliphatic carbocycles. The lowest BCUT2D eigenvalue weighted by Crippen LogP contribution is -2.38. The van der Waals surface area contributed by atoms with Crippen LogP contribution in [0.15, 0.2) is 0 Å². The van der Waals surface area contributed by atoms with E-state index < -0.39 is 0 Å². The van der Waals surface area contributed by atoms with Gasteiger partial charge >= 0.3 is 0 Å². The minimum atomic E-state index is 0.368. The van der Waals surface area contributed by atoms with Gasteiger partial charge in [-0.15, -0.1) is 0 Å². The second kappa shape index (κ2) is 5.86. The first kappa shape index (κ1) is 13.0. The van der Waals surface area contributed by atoms with Crippen molar-refractivity contribution in [3.05, 3.63) is 0 Å². The summed E-state index contributed by atoms with van der Waals surface area (Å²) in [5.74, 6) is 0. The highest BCUT2D eigenvalue weighted by molar-refractivity contribution is 4.89. The van der Waals surface area contributed by atoms with Crippen LogP contribution in [0.25, 0.3) is 0 Å². The molecule has 0 aromatic rings. The summed E-state index contributed by atoms with van der Waals surface area (Å²) >= 11 is 0. The average Bonchev–Trinajstić information content (AvgIpc) is 2.44. The molecule has 0 radical (unpaired) electrons. The van der Waals surface area contributed by atoms with E-state index in [-0.39, 0.29) is 0 Å². The normalized spacial score (nSPS) is 25.0. The number of ether oxygens (including phenoxy) is 1. The summed E-state index contributed by atoms with van der Waals surface area (Å²) in [6, 6.07) is 0.719. The van der Waals surface area contributed by atoms with E-state index in [0.717, 1.165) is 25.6 Å². The van der Waals surface area contributed by atoms with Crippen LogP contribution in [0.3, 0.4) is 0 Å². The summed E-state index contributed by atoms with van der Waals surface area (Å²) in [6.07, 6.45) is 5.59. The van der Waals surface area contributed by atoms with Gasteiger partial charge in [-0.1, -0.05) is 20.3 Å². The monoisotopic (exact) mass is 213 g/mol. The molecule has 0 amide bonds. The first-order valence-corrected chi connectivity index (χ1v) is 6.37. The quantitative estimate of drug-likeness (QED) is 0.685. The van der Waals surface area contributed by atoms with E-state index in [9.17, 15) is 0 Å². The maximum atomic E-state index is 5.52. The van der Waals surface area contributed by atoms with E-state index >= 15 is 0 Å². The van der Waals surface area contributed by atoms with Gasteiger partial charge in [-0.2, -0.15) is 0 Å². The Kier molecular flexibility index (Phi) is 5.07. The van der Waals surface area contributed by atoms with Crippen molar-refractivity contribution in [2.24, 2.45) is 5.41 Å². The van der Waals surface area contributed by atoms with E-state index in [1.165, 1.54) is 19.3 Å². The molecular weight excluding hydrogens is 186 g/mol. The highest BCUT2D eigenvalue weighted by Crippen LogP contribution is 2.36. The zero-order valence-corrected chi connectivity index (χ0v) is 10.8. The fourth-order valence-electron chi connectivity index (χ4n) is 2.37. The third-order valence-corrected chi connectivity index (χ3v) is 3.42. The van der Waals surface area contributed by atoms with Crippen LogP contribution >= 0.6 is 0 Å². The standard InChI is InChI=1S/C13H27NO/c1-11(2)15-10-6-9-14-12-7-5-8-13(12,3)4/h11-12,14H,5-10H2,1-4H3. The Morgan fingerprint density at radius 2 is 2.13 bits per heavy atom. The molecule has 1 rings (SSSR count). The summed E-state index contributed by atoms with van der Waals surface area (Å²) in [4.78, 5) is 0. The Morgan fingerprint density at radius 3 is 2.67 bits per heavy atom. The number of rotatable bonds is 6. The van der Waals surface area contributed by atoms with Gasteiger partial charge in [0.1, 0.15) is 0 Å². The molecule has 1 aliphatic rings. The van der Waals surface area contributed by atoms with Gasteiger partial charge in [0.15, 0.2) is 0 Å². The SMILES string of the molecule is CC(C)OCCCNC1CCCC1(C)C. The number of hydrogen-bond acceptors (Lipinski definition) is 2. The second-order valence-corrected chi connectivity index (χ2v) is 5.66. The molecule has 0 heterocycles. The Balaban J connectivity index is 2.05. The van der Waals surface area contributed by atoms with E-state index in [1.807, 2.05) is 0 Å². The maximum absolute atomic E-state index is 5.52. The van der Waals surface area contributed by atoms with Crippen LogP contribution in [0, 0.1) is 5.41 Å². The summed E-state index contributed by atoms with van der Waals surface area (Å²) in [5, 5.41) is 3.67. The molecule has 1 fully saturated rings. The molecule has 1 saturated carbocycles. The summed E-state index contributed by atoms with van der Waals surface area (Å²) < 4.78 is 5.52. The van der Waals surface area contributed by atoms with Gasteiger partial charge in [0.05, 0.1) is 6.10 Å². The zero-order valence-electron chi connectivity index (χ0n) is 10.8. The molecule has 1 unspecified atom stereocenters. The molecule has 0 bridgehead atoms. The third kappa shape index (κ3) is 4.52. The zero-order chi connectivity index (χ0) is 11.3. The van der Waals surface area contributed by atoms with Gasteiger partial charge in [-0.05, 0) is 45.1 Å². The molecule has 0 spiro atoms. The second-order valence-electron chi connectivity index (χ2n) is 5.66. The highest BCUT2D eigenvalue weighted by atomic mass is 16.5. The van der Waals surface area contributed by atoms with E-state index in [1.54, 1.807) is 0 Å². The molecule has 0 saturated heterocycles. The molecule has 0 aromatic carbocycles. The molecule has 1 N–H and O–H groups in total. The first-order chi connectivity index (χ1) is 7.02. The van der Waals surface area contributed by atoms with Crippen molar-refractivity contribution in [3.8, 4) is 0 Å². The molecule has 1 atom stereocenters. The van der Waals surface area contributed by atoms with E-state index in [2.05, 4.69) is 33.0 Å². The fraction of sp³-hybridized carbons (Fsp3) is 1.00. The number of hydrogen-bond donors (Lipinski definition) is 1. The summed E-state index contributed by atoms with van der Waals surface area (Å²) in [7, 11) is 0. The van der Waals surface area contributed by atoms with Gasteiger partial charge in [0.25, 0.3) is 0 Å². The third-order valence-electron chi connectivity index (χ3n) is 3.42. The topological polar surface area (TPSA) is 21.3 Å². The molecule has 2 nitrogen and oxygen atoms in total. The van der Waals surface area contributed by atoms with Crippen LogP contribution in [0.1, 0.15) is 53.4 Å². The van der Waals surface area contributed by atoms with Crippen LogP contribution in [-0.2, 0) is 4.74 Å². The fourth-order valence-corrected chi connectivity index (χ4v) is 2.37. The van der Waals surface area contributed by atoms with Crippen molar-refractivity contribution in [1.82, 2.24) is 5.32 Å². The van der Waals surface area contributed by atoms with Crippen LogP contribution in [0.2, 0.25) is 0 Å². The molecule has 0 aromatic heterocycles. The van der Waals surface area contributed by atoms with Crippen molar-refractivity contribution >= 4 is 0 Å². The Morgan fingerprint density at radius 1 is 1.40 bits per heavy atom. The largest absolute Gasteiger partial charge is 0.379 e. The first-order valence-electron chi connectivity index (χ1n) is 6.37. The number of nitrogens with one attached hydrogen (secondary N) is 1. The van der Waals surface area contributed by atoms with Crippen LogP contribution in [0.4, 0.5) is 0 Å². The van der Waals surface area contributed by atoms with Gasteiger partial charge in [0.2, 0.25) is 0 Å². The van der Waals surface area contributed by atoms with Crippen LogP contribution < -0.4 is 5.32 Å². The van der Waals surface area contributed by atoms with Crippen molar-refractivity contribution in [2.75, 3.05) is 13.2 Å². The van der Waals surface area contributed by atoms with Crippen molar-refractivity contribution in [1.29, 1.82) is 0 Å². The Hall–Kier alpha value is -0.0800. The molecule has 15 heavy (non-hydrogen) atoms. The smallest absolute Gasteiger partial charge is 0.0518 e. The predicted molar refractivity (Wildman–Crippen MR) is 65.1 cm³/mol. The molecular formula is C13H27NO. The van der Waals surface area contributed by atoms with Gasteiger partial charge in [-0.3, -0.25) is 0 Å². The summed E-state index contributed by atoms with van der Waals surface area (Å²) in [6.45, 7) is 10.9. The Labute approximate surface area is 94.8 Å². The lowest BCUT2D eigenvalue weighted by atomic mass is 9.87. The maximum Gasteiger partial charge on any atom is 0.0518 e. The lowest BCUT2D eigenvalue weighted by molar-refractivity contribution is 0.0760. The van der Waals surface area contributed by atoms with Gasteiger partial charge < -0.3 is 10.1 Å². The molecule has 90 valence electrons. The van der Waals surface area contributed by atoms with Crippen molar-refractivity contribution in [2.45, 2.75) is 65.5 Å². The lowest BCUT2D eigenvalue weighted by Gasteiger charge is -2.28. The minimum absolute atomic E-state index is 0.368. The van der Waals surface area contributed by atoms with E-state index in [0.29, 0.717) is 11.5 Å². The van der Waals surface area contributed by atoms with Gasteiger partial charge in [0, 0.05) is 12.6 Å². The highest BCUT2D eigenvalue weighted by Gasteiger charge is 2.33. The van der Waals surface area contributed by atoms with Crippen LogP contribution in [0.5, 0.6) is 0 Å². The van der Waals surface area contributed by atoms with Gasteiger partial charge in [-0.25, -0.2) is 0 Å².